The second kappa shape index (κ2) is 7.81. The second-order valence-corrected chi connectivity index (χ2v) is 6.60. The number of hydrogen-bond donors (Lipinski definition) is 1. The van der Waals surface area contributed by atoms with Crippen LogP contribution in [0.3, 0.4) is 0 Å². The number of aryl methyl sites for hydroxylation is 1. The molecule has 0 bridgehead atoms. The van der Waals surface area contributed by atoms with E-state index in [1.807, 2.05) is 0 Å². The molecule has 1 fully saturated rings. The zero-order valence-electron chi connectivity index (χ0n) is 14.0. The quantitative estimate of drug-likeness (QED) is 0.706. The lowest BCUT2D eigenvalue weighted by molar-refractivity contribution is 0.131. The summed E-state index contributed by atoms with van der Waals surface area (Å²) in [7, 11) is 2.15. The van der Waals surface area contributed by atoms with E-state index in [9.17, 15) is 0 Å². The van der Waals surface area contributed by atoms with Crippen LogP contribution < -0.4 is 10.2 Å². The molecule has 1 aromatic carbocycles. The maximum absolute atomic E-state index is 5.73. The predicted octanol–water partition coefficient (Wildman–Crippen LogP) is 3.36. The molecule has 0 aromatic heterocycles. The molecule has 3 heteroatoms. The molecule has 0 heterocycles. The van der Waals surface area contributed by atoms with Crippen LogP contribution in [0.15, 0.2) is 18.2 Å². The van der Waals surface area contributed by atoms with Crippen molar-refractivity contribution in [2.24, 2.45) is 5.92 Å². The Hall–Kier alpha value is -1.06. The first-order chi connectivity index (χ1) is 10.1. The zero-order chi connectivity index (χ0) is 15.2. The smallest absolute Gasteiger partial charge is 0.0641 e. The van der Waals surface area contributed by atoms with Crippen LogP contribution in [0.2, 0.25) is 0 Å². The van der Waals surface area contributed by atoms with Gasteiger partial charge in [-0.05, 0) is 42.9 Å². The monoisotopic (exact) mass is 290 g/mol. The number of likely N-dealkylation sites (N-methyl/N-ethyl adjacent to an activating group) is 1. The summed E-state index contributed by atoms with van der Waals surface area (Å²) in [5.41, 5.74) is 3.99. The van der Waals surface area contributed by atoms with Crippen molar-refractivity contribution in [2.45, 2.75) is 46.2 Å². The fourth-order valence-electron chi connectivity index (χ4n) is 2.43. The maximum atomic E-state index is 5.73. The first-order valence-electron chi connectivity index (χ1n) is 8.18. The highest BCUT2D eigenvalue weighted by molar-refractivity contribution is 5.53. The number of ether oxygens (including phenoxy) is 1. The third-order valence-electron chi connectivity index (χ3n) is 4.01. The summed E-state index contributed by atoms with van der Waals surface area (Å²) in [5, 5.41) is 3.46. The van der Waals surface area contributed by atoms with Gasteiger partial charge in [0.1, 0.15) is 0 Å². The Morgan fingerprint density at radius 3 is 2.71 bits per heavy atom. The van der Waals surface area contributed by atoms with Gasteiger partial charge in [0.25, 0.3) is 0 Å². The van der Waals surface area contributed by atoms with E-state index in [4.69, 9.17) is 4.74 Å². The van der Waals surface area contributed by atoms with Gasteiger partial charge in [0, 0.05) is 38.5 Å². The van der Waals surface area contributed by atoms with Crippen LogP contribution in [-0.2, 0) is 11.3 Å². The van der Waals surface area contributed by atoms with E-state index in [1.54, 1.807) is 0 Å². The molecule has 0 amide bonds. The lowest BCUT2D eigenvalue weighted by atomic mass is 10.1. The van der Waals surface area contributed by atoms with Crippen molar-refractivity contribution >= 4 is 5.69 Å². The summed E-state index contributed by atoms with van der Waals surface area (Å²) in [4.78, 5) is 2.29. The standard InChI is InChI=1S/C18H30N2O/c1-14(2)19-12-17-7-8-18(15(3)11-17)20(4)9-10-21-13-16-5-6-16/h7-8,11,14,16,19H,5-6,9-10,12-13H2,1-4H3. The van der Waals surface area contributed by atoms with Crippen LogP contribution in [0.25, 0.3) is 0 Å². The largest absolute Gasteiger partial charge is 0.379 e. The van der Waals surface area contributed by atoms with E-state index in [-0.39, 0.29) is 0 Å². The van der Waals surface area contributed by atoms with Crippen LogP contribution in [-0.4, -0.2) is 32.8 Å². The minimum absolute atomic E-state index is 0.524. The van der Waals surface area contributed by atoms with Gasteiger partial charge in [0.2, 0.25) is 0 Å². The number of nitrogens with one attached hydrogen (secondary N) is 1. The SMILES string of the molecule is Cc1cc(CNC(C)C)ccc1N(C)CCOCC1CC1. The van der Waals surface area contributed by atoms with Crippen molar-refractivity contribution in [3.05, 3.63) is 29.3 Å². The molecule has 2 rings (SSSR count). The van der Waals surface area contributed by atoms with Gasteiger partial charge < -0.3 is 15.0 Å². The van der Waals surface area contributed by atoms with Gasteiger partial charge in [-0.2, -0.15) is 0 Å². The summed E-state index contributed by atoms with van der Waals surface area (Å²) >= 11 is 0. The molecule has 0 unspecified atom stereocenters. The number of hydrogen-bond acceptors (Lipinski definition) is 3. The number of anilines is 1. The molecular formula is C18H30N2O. The Bertz CT molecular complexity index is 441. The Labute approximate surface area is 129 Å². The van der Waals surface area contributed by atoms with Crippen molar-refractivity contribution < 1.29 is 4.74 Å². The minimum atomic E-state index is 0.524. The molecule has 1 aliphatic rings. The van der Waals surface area contributed by atoms with Crippen molar-refractivity contribution in [3.63, 3.8) is 0 Å². The van der Waals surface area contributed by atoms with Crippen LogP contribution in [0, 0.1) is 12.8 Å². The lowest BCUT2D eigenvalue weighted by Gasteiger charge is -2.22. The average molecular weight is 290 g/mol. The molecule has 1 aromatic rings. The molecule has 0 radical (unpaired) electrons. The molecule has 0 spiro atoms. The fourth-order valence-corrected chi connectivity index (χ4v) is 2.43. The molecule has 1 saturated carbocycles. The van der Waals surface area contributed by atoms with E-state index >= 15 is 0 Å². The second-order valence-electron chi connectivity index (χ2n) is 6.60. The van der Waals surface area contributed by atoms with Crippen LogP contribution >= 0.6 is 0 Å². The topological polar surface area (TPSA) is 24.5 Å². The fraction of sp³-hybridized carbons (Fsp3) is 0.667. The minimum Gasteiger partial charge on any atom is -0.379 e. The van der Waals surface area contributed by atoms with Crippen molar-refractivity contribution in [3.8, 4) is 0 Å². The lowest BCUT2D eigenvalue weighted by Crippen LogP contribution is -2.24. The Balaban J connectivity index is 1.80. The van der Waals surface area contributed by atoms with Gasteiger partial charge in [-0.15, -0.1) is 0 Å². The number of rotatable bonds is 9. The van der Waals surface area contributed by atoms with Gasteiger partial charge in [-0.25, -0.2) is 0 Å². The summed E-state index contributed by atoms with van der Waals surface area (Å²) in [6.45, 7) is 10.2. The van der Waals surface area contributed by atoms with Gasteiger partial charge in [-0.3, -0.25) is 0 Å². The van der Waals surface area contributed by atoms with Crippen LogP contribution in [0.4, 0.5) is 5.69 Å². The third kappa shape index (κ3) is 5.68. The molecule has 0 aliphatic heterocycles. The highest BCUT2D eigenvalue weighted by Crippen LogP contribution is 2.28. The van der Waals surface area contributed by atoms with E-state index in [0.717, 1.165) is 32.2 Å². The average Bonchev–Trinajstić information content (AvgIpc) is 3.25. The Kier molecular flexibility index (Phi) is 6.07. The molecule has 0 atom stereocenters. The summed E-state index contributed by atoms with van der Waals surface area (Å²) in [5.74, 6) is 0.852. The van der Waals surface area contributed by atoms with E-state index in [0.29, 0.717) is 6.04 Å². The molecule has 0 saturated heterocycles. The van der Waals surface area contributed by atoms with Gasteiger partial charge in [0.15, 0.2) is 0 Å². The van der Waals surface area contributed by atoms with E-state index in [2.05, 4.69) is 56.2 Å². The Morgan fingerprint density at radius 1 is 1.33 bits per heavy atom. The van der Waals surface area contributed by atoms with Crippen LogP contribution in [0.5, 0.6) is 0 Å². The Morgan fingerprint density at radius 2 is 2.10 bits per heavy atom. The molecule has 1 aliphatic carbocycles. The van der Waals surface area contributed by atoms with Crippen molar-refractivity contribution in [2.75, 3.05) is 31.7 Å². The molecule has 21 heavy (non-hydrogen) atoms. The van der Waals surface area contributed by atoms with Gasteiger partial charge >= 0.3 is 0 Å². The van der Waals surface area contributed by atoms with E-state index < -0.39 is 0 Å². The highest BCUT2D eigenvalue weighted by Gasteiger charge is 2.21. The maximum Gasteiger partial charge on any atom is 0.0641 e. The van der Waals surface area contributed by atoms with Crippen molar-refractivity contribution in [1.82, 2.24) is 5.32 Å². The number of benzene rings is 1. The van der Waals surface area contributed by atoms with Gasteiger partial charge in [-0.1, -0.05) is 26.0 Å². The first kappa shape index (κ1) is 16.3. The first-order valence-corrected chi connectivity index (χ1v) is 8.18. The summed E-state index contributed by atoms with van der Waals surface area (Å²) in [6.07, 6.45) is 2.72. The third-order valence-corrected chi connectivity index (χ3v) is 4.01. The molecule has 1 N–H and O–H groups in total. The summed E-state index contributed by atoms with van der Waals surface area (Å²) in [6, 6.07) is 7.26. The molecule has 3 nitrogen and oxygen atoms in total. The highest BCUT2D eigenvalue weighted by atomic mass is 16.5. The van der Waals surface area contributed by atoms with Crippen LogP contribution in [0.1, 0.15) is 37.8 Å². The number of nitrogens with zero attached hydrogens (tertiary/aromatic N) is 1. The zero-order valence-corrected chi connectivity index (χ0v) is 14.0. The summed E-state index contributed by atoms with van der Waals surface area (Å²) < 4.78 is 5.73. The van der Waals surface area contributed by atoms with Crippen molar-refractivity contribution in [1.29, 1.82) is 0 Å². The molecule has 118 valence electrons. The normalized spacial score (nSPS) is 14.7. The predicted molar refractivity (Wildman–Crippen MR) is 90.0 cm³/mol. The van der Waals surface area contributed by atoms with Gasteiger partial charge in [0.05, 0.1) is 6.61 Å². The van der Waals surface area contributed by atoms with E-state index in [1.165, 1.54) is 29.7 Å². The molecular weight excluding hydrogens is 260 g/mol.